The zero-order valence-electron chi connectivity index (χ0n) is 14.3. The van der Waals surface area contributed by atoms with Crippen LogP contribution in [-0.2, 0) is 4.79 Å². The van der Waals surface area contributed by atoms with Crippen LogP contribution < -0.4 is 10.1 Å². The van der Waals surface area contributed by atoms with E-state index >= 15 is 0 Å². The fourth-order valence-electron chi connectivity index (χ4n) is 2.23. The van der Waals surface area contributed by atoms with Gasteiger partial charge in [0.1, 0.15) is 5.75 Å². The largest absolute Gasteiger partial charge is 0.495 e. The van der Waals surface area contributed by atoms with Crippen LogP contribution in [-0.4, -0.2) is 18.3 Å². The molecule has 2 aromatic carbocycles. The zero-order valence-corrected chi connectivity index (χ0v) is 15.1. The molecule has 0 bridgehead atoms. The quantitative estimate of drug-likeness (QED) is 0.805. The zero-order chi connectivity index (χ0) is 17.0. The maximum absolute atomic E-state index is 12.5. The van der Waals surface area contributed by atoms with Crippen molar-refractivity contribution >= 4 is 23.4 Å². The van der Waals surface area contributed by atoms with Gasteiger partial charge in [-0.05, 0) is 57.0 Å². The molecule has 2 aromatic rings. The van der Waals surface area contributed by atoms with E-state index in [-0.39, 0.29) is 11.2 Å². The van der Waals surface area contributed by atoms with E-state index in [0.717, 1.165) is 10.5 Å². The van der Waals surface area contributed by atoms with E-state index in [2.05, 4.69) is 37.4 Å². The Morgan fingerprint density at radius 1 is 1.09 bits per heavy atom. The van der Waals surface area contributed by atoms with Gasteiger partial charge in [-0.15, -0.1) is 11.8 Å². The molecule has 23 heavy (non-hydrogen) atoms. The van der Waals surface area contributed by atoms with Crippen LogP contribution in [0.4, 0.5) is 5.69 Å². The second kappa shape index (κ2) is 7.55. The number of rotatable bonds is 5. The lowest BCUT2D eigenvalue weighted by atomic mass is 10.2. The fourth-order valence-corrected chi connectivity index (χ4v) is 3.29. The second-order valence-corrected chi connectivity index (χ2v) is 7.10. The molecule has 0 spiro atoms. The van der Waals surface area contributed by atoms with Gasteiger partial charge in [0, 0.05) is 4.90 Å². The summed E-state index contributed by atoms with van der Waals surface area (Å²) in [5.74, 6) is 0.646. The van der Waals surface area contributed by atoms with Gasteiger partial charge in [-0.1, -0.05) is 23.8 Å². The van der Waals surface area contributed by atoms with Gasteiger partial charge in [0.2, 0.25) is 5.91 Å². The molecule has 1 unspecified atom stereocenters. The predicted molar refractivity (Wildman–Crippen MR) is 97.6 cm³/mol. The highest BCUT2D eigenvalue weighted by Gasteiger charge is 2.17. The van der Waals surface area contributed by atoms with Gasteiger partial charge in [-0.3, -0.25) is 4.79 Å². The Balaban J connectivity index is 2.11. The smallest absolute Gasteiger partial charge is 0.237 e. The highest BCUT2D eigenvalue weighted by Crippen LogP contribution is 2.30. The second-order valence-electron chi connectivity index (χ2n) is 5.72. The number of thioether (sulfide) groups is 1. The maximum Gasteiger partial charge on any atom is 0.237 e. The van der Waals surface area contributed by atoms with Crippen molar-refractivity contribution in [3.05, 3.63) is 53.1 Å². The monoisotopic (exact) mass is 329 g/mol. The Morgan fingerprint density at radius 2 is 1.74 bits per heavy atom. The van der Waals surface area contributed by atoms with E-state index < -0.39 is 0 Å². The van der Waals surface area contributed by atoms with Crippen LogP contribution in [0, 0.1) is 20.8 Å². The number of anilines is 1. The summed E-state index contributed by atoms with van der Waals surface area (Å²) in [4.78, 5) is 13.6. The summed E-state index contributed by atoms with van der Waals surface area (Å²) in [5.41, 5.74) is 4.18. The normalized spacial score (nSPS) is 11.9. The van der Waals surface area contributed by atoms with Crippen molar-refractivity contribution in [3.63, 3.8) is 0 Å². The Hall–Kier alpha value is -1.94. The molecule has 0 radical (unpaired) electrons. The summed E-state index contributed by atoms with van der Waals surface area (Å²) >= 11 is 1.58. The van der Waals surface area contributed by atoms with E-state index in [0.29, 0.717) is 11.4 Å². The molecule has 0 fully saturated rings. The number of carbonyl (C=O) groups is 1. The van der Waals surface area contributed by atoms with Gasteiger partial charge in [0.05, 0.1) is 18.0 Å². The molecule has 4 heteroatoms. The molecule has 1 N–H and O–H groups in total. The summed E-state index contributed by atoms with van der Waals surface area (Å²) < 4.78 is 5.31. The van der Waals surface area contributed by atoms with Crippen LogP contribution in [0.3, 0.4) is 0 Å². The van der Waals surface area contributed by atoms with Crippen molar-refractivity contribution < 1.29 is 9.53 Å². The van der Waals surface area contributed by atoms with Gasteiger partial charge in [-0.25, -0.2) is 0 Å². The minimum atomic E-state index is -0.194. The van der Waals surface area contributed by atoms with Gasteiger partial charge in [-0.2, -0.15) is 0 Å². The summed E-state index contributed by atoms with van der Waals surface area (Å²) in [6, 6.07) is 12.0. The fraction of sp³-hybridized carbons (Fsp3) is 0.316. The molecule has 0 heterocycles. The number of benzene rings is 2. The number of amides is 1. The van der Waals surface area contributed by atoms with Gasteiger partial charge in [0.25, 0.3) is 0 Å². The molecule has 0 saturated heterocycles. The lowest BCUT2D eigenvalue weighted by Gasteiger charge is -2.16. The lowest BCUT2D eigenvalue weighted by molar-refractivity contribution is -0.115. The van der Waals surface area contributed by atoms with Crippen LogP contribution in [0.1, 0.15) is 23.6 Å². The van der Waals surface area contributed by atoms with E-state index in [1.807, 2.05) is 32.0 Å². The molecule has 0 saturated carbocycles. The first kappa shape index (κ1) is 17.4. The Labute approximate surface area is 142 Å². The number of carbonyl (C=O) groups excluding carboxylic acids is 1. The summed E-state index contributed by atoms with van der Waals surface area (Å²) in [7, 11) is 1.61. The molecule has 0 aliphatic carbocycles. The molecule has 1 amide bonds. The average Bonchev–Trinajstić information content (AvgIpc) is 2.51. The maximum atomic E-state index is 12.5. The molecular formula is C19H23NO2S. The van der Waals surface area contributed by atoms with Crippen LogP contribution >= 0.6 is 11.8 Å². The molecule has 0 aromatic heterocycles. The van der Waals surface area contributed by atoms with Crippen molar-refractivity contribution in [1.29, 1.82) is 0 Å². The van der Waals surface area contributed by atoms with Crippen molar-refractivity contribution in [2.45, 2.75) is 37.8 Å². The molecule has 0 aliphatic rings. The van der Waals surface area contributed by atoms with Crippen molar-refractivity contribution in [2.24, 2.45) is 0 Å². The summed E-state index contributed by atoms with van der Waals surface area (Å²) in [6.45, 7) is 8.04. The number of methoxy groups -OCH3 is 1. The average molecular weight is 329 g/mol. The minimum Gasteiger partial charge on any atom is -0.495 e. The topological polar surface area (TPSA) is 38.3 Å². The third kappa shape index (κ3) is 4.52. The van der Waals surface area contributed by atoms with Crippen LogP contribution in [0.2, 0.25) is 0 Å². The predicted octanol–water partition coefficient (Wildman–Crippen LogP) is 4.74. The third-order valence-electron chi connectivity index (χ3n) is 3.63. The first-order chi connectivity index (χ1) is 10.9. The molecule has 2 rings (SSSR count). The first-order valence-electron chi connectivity index (χ1n) is 7.60. The van der Waals surface area contributed by atoms with Crippen molar-refractivity contribution in [1.82, 2.24) is 0 Å². The Morgan fingerprint density at radius 3 is 2.43 bits per heavy atom. The van der Waals surface area contributed by atoms with Crippen molar-refractivity contribution in [2.75, 3.05) is 12.4 Å². The van der Waals surface area contributed by atoms with Gasteiger partial charge in [0.15, 0.2) is 0 Å². The van der Waals surface area contributed by atoms with Gasteiger partial charge >= 0.3 is 0 Å². The van der Waals surface area contributed by atoms with Crippen LogP contribution in [0.25, 0.3) is 0 Å². The van der Waals surface area contributed by atoms with Crippen molar-refractivity contribution in [3.8, 4) is 5.75 Å². The number of aryl methyl sites for hydroxylation is 3. The Kier molecular flexibility index (Phi) is 5.72. The molecule has 3 nitrogen and oxygen atoms in total. The lowest BCUT2D eigenvalue weighted by Crippen LogP contribution is -2.22. The summed E-state index contributed by atoms with van der Waals surface area (Å²) in [6.07, 6.45) is 0. The van der Waals surface area contributed by atoms with E-state index in [1.54, 1.807) is 18.9 Å². The van der Waals surface area contributed by atoms with Crippen LogP contribution in [0.15, 0.2) is 41.3 Å². The van der Waals surface area contributed by atoms with Gasteiger partial charge < -0.3 is 10.1 Å². The Bertz CT molecular complexity index is 713. The van der Waals surface area contributed by atoms with E-state index in [1.165, 1.54) is 11.1 Å². The highest BCUT2D eigenvalue weighted by atomic mass is 32.2. The molecule has 1 atom stereocenters. The third-order valence-corrected chi connectivity index (χ3v) is 4.89. The number of ether oxygens (including phenoxy) is 1. The van der Waals surface area contributed by atoms with E-state index in [9.17, 15) is 4.79 Å². The van der Waals surface area contributed by atoms with E-state index in [4.69, 9.17) is 4.74 Å². The number of hydrogen-bond acceptors (Lipinski definition) is 3. The highest BCUT2D eigenvalue weighted by molar-refractivity contribution is 8.00. The first-order valence-corrected chi connectivity index (χ1v) is 8.48. The standard InChI is InChI=1S/C19H23NO2S/c1-12-7-9-17(22-5)16(10-12)20-19(21)15(4)23-18-11-13(2)6-8-14(18)3/h6-11,15H,1-5H3,(H,20,21). The SMILES string of the molecule is COc1ccc(C)cc1NC(=O)C(C)Sc1cc(C)ccc1C. The number of hydrogen-bond donors (Lipinski definition) is 1. The molecular weight excluding hydrogens is 306 g/mol. The summed E-state index contributed by atoms with van der Waals surface area (Å²) in [5, 5.41) is 2.78. The number of nitrogens with one attached hydrogen (secondary N) is 1. The van der Waals surface area contributed by atoms with Crippen LogP contribution in [0.5, 0.6) is 5.75 Å². The molecule has 0 aliphatic heterocycles. The molecule has 122 valence electrons. The minimum absolute atomic E-state index is 0.0280.